The van der Waals surface area contributed by atoms with Crippen molar-refractivity contribution >= 4 is 21.6 Å². The Bertz CT molecular complexity index is 825. The molecule has 2 N–H and O–H groups in total. The van der Waals surface area contributed by atoms with Crippen molar-refractivity contribution in [2.24, 2.45) is 0 Å². The fourth-order valence-electron chi connectivity index (χ4n) is 2.37. The van der Waals surface area contributed by atoms with E-state index in [0.717, 1.165) is 11.1 Å². The van der Waals surface area contributed by atoms with Crippen molar-refractivity contribution in [3.63, 3.8) is 0 Å². The van der Waals surface area contributed by atoms with Crippen LogP contribution in [0.2, 0.25) is 0 Å². The average molecular weight is 346 g/mol. The molecule has 0 radical (unpaired) electrons. The van der Waals surface area contributed by atoms with Crippen molar-refractivity contribution in [3.8, 4) is 0 Å². The molecule has 0 saturated heterocycles. The SMILES string of the molecule is CCCNS(=O)(=O)c1cccc(C(=O)Nc2cc(C)cc(C)c2)c1. The van der Waals surface area contributed by atoms with Gasteiger partial charge in [0, 0.05) is 17.8 Å². The summed E-state index contributed by atoms with van der Waals surface area (Å²) in [5.41, 5.74) is 3.08. The Hall–Kier alpha value is -2.18. The van der Waals surface area contributed by atoms with Gasteiger partial charge in [-0.3, -0.25) is 4.79 Å². The first-order valence-corrected chi connectivity index (χ1v) is 9.29. The van der Waals surface area contributed by atoms with Gasteiger partial charge >= 0.3 is 0 Å². The lowest BCUT2D eigenvalue weighted by molar-refractivity contribution is 0.102. The molecule has 128 valence electrons. The van der Waals surface area contributed by atoms with Crippen LogP contribution in [0.4, 0.5) is 5.69 Å². The largest absolute Gasteiger partial charge is 0.322 e. The van der Waals surface area contributed by atoms with Gasteiger partial charge in [-0.05, 0) is 61.7 Å². The standard InChI is InChI=1S/C18H22N2O3S/c1-4-8-19-24(22,23)17-7-5-6-15(12-17)18(21)20-16-10-13(2)9-14(3)11-16/h5-7,9-12,19H,4,8H2,1-3H3,(H,20,21). The van der Waals surface area contributed by atoms with Crippen LogP contribution in [-0.4, -0.2) is 20.9 Å². The van der Waals surface area contributed by atoms with E-state index in [1.54, 1.807) is 12.1 Å². The first-order chi connectivity index (χ1) is 11.3. The molecule has 0 aliphatic carbocycles. The van der Waals surface area contributed by atoms with E-state index in [0.29, 0.717) is 24.2 Å². The van der Waals surface area contributed by atoms with Gasteiger partial charge in [0.1, 0.15) is 0 Å². The molecule has 6 heteroatoms. The van der Waals surface area contributed by atoms with Crippen LogP contribution in [0, 0.1) is 13.8 Å². The van der Waals surface area contributed by atoms with Crippen molar-refractivity contribution < 1.29 is 13.2 Å². The lowest BCUT2D eigenvalue weighted by Crippen LogP contribution is -2.24. The van der Waals surface area contributed by atoms with Crippen LogP contribution in [0.25, 0.3) is 0 Å². The van der Waals surface area contributed by atoms with E-state index in [1.807, 2.05) is 39.0 Å². The number of carbonyl (C=O) groups is 1. The third-order valence-electron chi connectivity index (χ3n) is 3.43. The highest BCUT2D eigenvalue weighted by Gasteiger charge is 2.15. The molecule has 0 atom stereocenters. The molecular formula is C18H22N2O3S. The zero-order chi connectivity index (χ0) is 17.7. The molecule has 0 aliphatic rings. The molecule has 2 rings (SSSR count). The molecule has 0 fully saturated rings. The zero-order valence-electron chi connectivity index (χ0n) is 14.1. The maximum Gasteiger partial charge on any atom is 0.255 e. The molecule has 2 aromatic rings. The van der Waals surface area contributed by atoms with Crippen LogP contribution >= 0.6 is 0 Å². The maximum absolute atomic E-state index is 12.4. The minimum atomic E-state index is -3.59. The number of rotatable bonds is 6. The summed E-state index contributed by atoms with van der Waals surface area (Å²) in [7, 11) is -3.59. The van der Waals surface area contributed by atoms with Crippen molar-refractivity contribution in [3.05, 3.63) is 59.2 Å². The van der Waals surface area contributed by atoms with Crippen LogP contribution in [0.5, 0.6) is 0 Å². The van der Waals surface area contributed by atoms with Gasteiger partial charge < -0.3 is 5.32 Å². The van der Waals surface area contributed by atoms with E-state index in [4.69, 9.17) is 0 Å². The van der Waals surface area contributed by atoms with Crippen LogP contribution in [0.15, 0.2) is 47.4 Å². The van der Waals surface area contributed by atoms with E-state index >= 15 is 0 Å². The number of sulfonamides is 1. The van der Waals surface area contributed by atoms with Gasteiger partial charge in [-0.25, -0.2) is 13.1 Å². The first-order valence-electron chi connectivity index (χ1n) is 7.81. The van der Waals surface area contributed by atoms with Crippen molar-refractivity contribution in [1.29, 1.82) is 0 Å². The molecular weight excluding hydrogens is 324 g/mol. The van der Waals surface area contributed by atoms with Crippen molar-refractivity contribution in [1.82, 2.24) is 4.72 Å². The normalized spacial score (nSPS) is 11.3. The lowest BCUT2D eigenvalue weighted by Gasteiger charge is -2.10. The Labute approximate surface area is 143 Å². The number of hydrogen-bond acceptors (Lipinski definition) is 3. The molecule has 0 bridgehead atoms. The second-order valence-electron chi connectivity index (χ2n) is 5.76. The minimum Gasteiger partial charge on any atom is -0.322 e. The highest BCUT2D eigenvalue weighted by molar-refractivity contribution is 7.89. The molecule has 1 amide bonds. The summed E-state index contributed by atoms with van der Waals surface area (Å²) in [6, 6.07) is 11.8. The van der Waals surface area contributed by atoms with Crippen LogP contribution in [0.3, 0.4) is 0 Å². The Morgan fingerprint density at radius 1 is 1.04 bits per heavy atom. The molecule has 0 spiro atoms. The first kappa shape index (κ1) is 18.2. The summed E-state index contributed by atoms with van der Waals surface area (Å²) in [6.07, 6.45) is 0.701. The summed E-state index contributed by atoms with van der Waals surface area (Å²) in [6.45, 7) is 6.15. The minimum absolute atomic E-state index is 0.0871. The van der Waals surface area contributed by atoms with E-state index in [-0.39, 0.29) is 10.8 Å². The quantitative estimate of drug-likeness (QED) is 0.843. The Balaban J connectivity index is 2.23. The summed E-state index contributed by atoms with van der Waals surface area (Å²) in [5.74, 6) is -0.340. The van der Waals surface area contributed by atoms with Gasteiger partial charge in [0.05, 0.1) is 4.90 Å². The van der Waals surface area contributed by atoms with Crippen molar-refractivity contribution in [2.45, 2.75) is 32.1 Å². The number of anilines is 1. The Morgan fingerprint density at radius 3 is 2.33 bits per heavy atom. The number of benzene rings is 2. The maximum atomic E-state index is 12.4. The van der Waals surface area contributed by atoms with Gasteiger partial charge in [-0.2, -0.15) is 0 Å². The number of hydrogen-bond donors (Lipinski definition) is 2. The smallest absolute Gasteiger partial charge is 0.255 e. The Kier molecular flexibility index (Phi) is 5.75. The molecule has 0 saturated carbocycles. The van der Waals surface area contributed by atoms with Crippen LogP contribution in [0.1, 0.15) is 34.8 Å². The second-order valence-corrected chi connectivity index (χ2v) is 7.52. The van der Waals surface area contributed by atoms with Gasteiger partial charge in [-0.1, -0.05) is 19.1 Å². The second kappa shape index (κ2) is 7.59. The fourth-order valence-corrected chi connectivity index (χ4v) is 3.55. The highest BCUT2D eigenvalue weighted by Crippen LogP contribution is 2.17. The number of nitrogens with one attached hydrogen (secondary N) is 2. The highest BCUT2D eigenvalue weighted by atomic mass is 32.2. The van der Waals surface area contributed by atoms with Gasteiger partial charge in [0.25, 0.3) is 5.91 Å². The van der Waals surface area contributed by atoms with E-state index in [2.05, 4.69) is 10.0 Å². The Morgan fingerprint density at radius 2 is 1.71 bits per heavy atom. The molecule has 0 aromatic heterocycles. The van der Waals surface area contributed by atoms with Crippen LogP contribution in [-0.2, 0) is 10.0 Å². The monoisotopic (exact) mass is 346 g/mol. The third-order valence-corrected chi connectivity index (χ3v) is 4.89. The number of aryl methyl sites for hydroxylation is 2. The zero-order valence-corrected chi connectivity index (χ0v) is 14.9. The predicted octanol–water partition coefficient (Wildman–Crippen LogP) is 3.24. The third kappa shape index (κ3) is 4.66. The molecule has 24 heavy (non-hydrogen) atoms. The summed E-state index contributed by atoms with van der Waals surface area (Å²) in [5, 5.41) is 2.81. The van der Waals surface area contributed by atoms with E-state index in [9.17, 15) is 13.2 Å². The van der Waals surface area contributed by atoms with E-state index < -0.39 is 10.0 Å². The van der Waals surface area contributed by atoms with Gasteiger partial charge in [-0.15, -0.1) is 0 Å². The predicted molar refractivity (Wildman–Crippen MR) is 95.8 cm³/mol. The lowest BCUT2D eigenvalue weighted by atomic mass is 10.1. The van der Waals surface area contributed by atoms with Crippen molar-refractivity contribution in [2.75, 3.05) is 11.9 Å². The van der Waals surface area contributed by atoms with E-state index in [1.165, 1.54) is 12.1 Å². The van der Waals surface area contributed by atoms with Gasteiger partial charge in [0.15, 0.2) is 0 Å². The molecule has 5 nitrogen and oxygen atoms in total. The average Bonchev–Trinajstić information content (AvgIpc) is 2.52. The fraction of sp³-hybridized carbons (Fsp3) is 0.278. The van der Waals surface area contributed by atoms with Gasteiger partial charge in [0.2, 0.25) is 10.0 Å². The van der Waals surface area contributed by atoms with Crippen LogP contribution < -0.4 is 10.0 Å². The number of carbonyl (C=O) groups excluding carboxylic acids is 1. The topological polar surface area (TPSA) is 75.3 Å². The summed E-state index contributed by atoms with van der Waals surface area (Å²) < 4.78 is 26.8. The number of amides is 1. The molecule has 0 aliphatic heterocycles. The molecule has 0 heterocycles. The summed E-state index contributed by atoms with van der Waals surface area (Å²) >= 11 is 0. The molecule has 0 unspecified atom stereocenters. The molecule has 2 aromatic carbocycles. The summed E-state index contributed by atoms with van der Waals surface area (Å²) in [4.78, 5) is 12.5.